The Morgan fingerprint density at radius 2 is 1.76 bits per heavy atom. The molecule has 0 bridgehead atoms. The highest BCUT2D eigenvalue weighted by molar-refractivity contribution is 14.0. The van der Waals surface area contributed by atoms with Crippen LogP contribution < -0.4 is 10.6 Å². The standard InChI is InChI=1S/C25H42FN5O.HI/c1-20(2)32-17-16-30-14-10-23(11-15-30)29-25(27-3)28-18-21-8-12-31(13-9-21)19-22-6-4-5-7-24(22)26;/h4-7,20-21,23H,8-19H2,1-3H3,(H2,27,28,29);1H. The molecule has 0 radical (unpaired) electrons. The Kier molecular flexibility index (Phi) is 12.9. The average Bonchev–Trinajstić information content (AvgIpc) is 2.80. The maximum atomic E-state index is 13.9. The Morgan fingerprint density at radius 3 is 2.39 bits per heavy atom. The number of nitrogens with zero attached hydrogens (tertiary/aromatic N) is 3. The molecule has 0 aliphatic carbocycles. The molecular weight excluding hydrogens is 532 g/mol. The molecule has 0 atom stereocenters. The highest BCUT2D eigenvalue weighted by Gasteiger charge is 2.22. The molecule has 0 spiro atoms. The second kappa shape index (κ2) is 15.1. The molecule has 2 heterocycles. The molecule has 8 heteroatoms. The molecule has 1 aromatic rings. The van der Waals surface area contributed by atoms with E-state index in [0.717, 1.165) is 83.1 Å². The summed E-state index contributed by atoms with van der Waals surface area (Å²) < 4.78 is 19.6. The summed E-state index contributed by atoms with van der Waals surface area (Å²) in [5.74, 6) is 1.45. The van der Waals surface area contributed by atoms with Crippen molar-refractivity contribution in [1.82, 2.24) is 20.4 Å². The smallest absolute Gasteiger partial charge is 0.191 e. The van der Waals surface area contributed by atoms with Crippen LogP contribution in [0.3, 0.4) is 0 Å². The third-order valence-electron chi connectivity index (χ3n) is 6.63. The molecule has 0 amide bonds. The van der Waals surface area contributed by atoms with Crippen LogP contribution in [0, 0.1) is 11.7 Å². The maximum absolute atomic E-state index is 13.9. The zero-order chi connectivity index (χ0) is 22.8. The van der Waals surface area contributed by atoms with Crippen LogP contribution in [-0.4, -0.2) is 80.8 Å². The first-order chi connectivity index (χ1) is 15.5. The molecule has 33 heavy (non-hydrogen) atoms. The Morgan fingerprint density at radius 1 is 1.09 bits per heavy atom. The van der Waals surface area contributed by atoms with Crippen LogP contribution >= 0.6 is 24.0 Å². The summed E-state index contributed by atoms with van der Waals surface area (Å²) in [5, 5.41) is 7.16. The van der Waals surface area contributed by atoms with E-state index in [9.17, 15) is 4.39 Å². The summed E-state index contributed by atoms with van der Waals surface area (Å²) in [6.07, 6.45) is 4.85. The average molecular weight is 576 g/mol. The molecule has 2 N–H and O–H groups in total. The van der Waals surface area contributed by atoms with Gasteiger partial charge in [-0.1, -0.05) is 18.2 Å². The van der Waals surface area contributed by atoms with E-state index in [1.165, 1.54) is 0 Å². The van der Waals surface area contributed by atoms with Crippen molar-refractivity contribution in [2.24, 2.45) is 10.9 Å². The van der Waals surface area contributed by atoms with Crippen LogP contribution in [0.2, 0.25) is 0 Å². The van der Waals surface area contributed by atoms with Crippen LogP contribution in [0.5, 0.6) is 0 Å². The van der Waals surface area contributed by atoms with Gasteiger partial charge in [0.05, 0.1) is 12.7 Å². The molecular formula is C25H43FIN5O. The lowest BCUT2D eigenvalue weighted by atomic mass is 9.96. The zero-order valence-electron chi connectivity index (χ0n) is 20.6. The number of rotatable bonds is 9. The fraction of sp³-hybridized carbons (Fsp3) is 0.720. The minimum atomic E-state index is -0.0964. The number of benzene rings is 1. The lowest BCUT2D eigenvalue weighted by molar-refractivity contribution is 0.0532. The summed E-state index contributed by atoms with van der Waals surface area (Å²) in [6, 6.07) is 7.59. The SMILES string of the molecule is CN=C(NCC1CCN(Cc2ccccc2F)CC1)NC1CCN(CCOC(C)C)CC1.I. The molecule has 2 aliphatic rings. The zero-order valence-corrected chi connectivity index (χ0v) is 22.9. The van der Waals surface area contributed by atoms with Gasteiger partial charge in [-0.25, -0.2) is 4.39 Å². The normalized spacial score (nSPS) is 19.5. The van der Waals surface area contributed by atoms with Crippen LogP contribution in [0.25, 0.3) is 0 Å². The third-order valence-corrected chi connectivity index (χ3v) is 6.63. The number of guanidine groups is 1. The number of nitrogens with one attached hydrogen (secondary N) is 2. The molecule has 2 aliphatic heterocycles. The van der Waals surface area contributed by atoms with Gasteiger partial charge < -0.3 is 20.3 Å². The van der Waals surface area contributed by atoms with E-state index in [1.54, 1.807) is 12.1 Å². The van der Waals surface area contributed by atoms with Crippen molar-refractivity contribution in [3.05, 3.63) is 35.6 Å². The van der Waals surface area contributed by atoms with Crippen molar-refractivity contribution in [3.63, 3.8) is 0 Å². The number of piperidine rings is 2. The van der Waals surface area contributed by atoms with Crippen LogP contribution in [0.15, 0.2) is 29.3 Å². The van der Waals surface area contributed by atoms with Gasteiger partial charge >= 0.3 is 0 Å². The van der Waals surface area contributed by atoms with Gasteiger partial charge in [-0.3, -0.25) is 9.89 Å². The maximum Gasteiger partial charge on any atom is 0.191 e. The van der Waals surface area contributed by atoms with Crippen molar-refractivity contribution < 1.29 is 9.13 Å². The fourth-order valence-corrected chi connectivity index (χ4v) is 4.56. The van der Waals surface area contributed by atoms with Gasteiger partial charge in [0.25, 0.3) is 0 Å². The molecule has 0 aromatic heterocycles. The van der Waals surface area contributed by atoms with Crippen LogP contribution in [0.1, 0.15) is 45.1 Å². The highest BCUT2D eigenvalue weighted by Crippen LogP contribution is 2.19. The molecule has 1 aromatic carbocycles. The predicted molar refractivity (Wildman–Crippen MR) is 145 cm³/mol. The minimum absolute atomic E-state index is 0. The first kappa shape index (κ1) is 28.3. The Labute approximate surface area is 216 Å². The summed E-state index contributed by atoms with van der Waals surface area (Å²) in [4.78, 5) is 9.30. The summed E-state index contributed by atoms with van der Waals surface area (Å²) in [6.45, 7) is 11.9. The van der Waals surface area contributed by atoms with Gasteiger partial charge in [-0.15, -0.1) is 24.0 Å². The monoisotopic (exact) mass is 575 g/mol. The van der Waals surface area contributed by atoms with Gasteiger partial charge in [-0.2, -0.15) is 0 Å². The van der Waals surface area contributed by atoms with Crippen molar-refractivity contribution in [2.45, 2.75) is 58.2 Å². The molecule has 2 saturated heterocycles. The predicted octanol–water partition coefficient (Wildman–Crippen LogP) is 3.71. The first-order valence-corrected chi connectivity index (χ1v) is 12.3. The topological polar surface area (TPSA) is 52.1 Å². The van der Waals surface area contributed by atoms with Crippen molar-refractivity contribution in [3.8, 4) is 0 Å². The van der Waals surface area contributed by atoms with E-state index in [1.807, 2.05) is 19.2 Å². The van der Waals surface area contributed by atoms with E-state index in [4.69, 9.17) is 4.74 Å². The minimum Gasteiger partial charge on any atom is -0.377 e. The molecule has 3 rings (SSSR count). The van der Waals surface area contributed by atoms with Gasteiger partial charge in [0.15, 0.2) is 5.96 Å². The van der Waals surface area contributed by atoms with Gasteiger partial charge in [0.2, 0.25) is 0 Å². The van der Waals surface area contributed by atoms with Crippen molar-refractivity contribution >= 4 is 29.9 Å². The summed E-state index contributed by atoms with van der Waals surface area (Å²) in [5.41, 5.74) is 0.798. The second-order valence-electron chi connectivity index (χ2n) is 9.44. The van der Waals surface area contributed by atoms with E-state index in [2.05, 4.69) is 39.3 Å². The largest absolute Gasteiger partial charge is 0.377 e. The second-order valence-corrected chi connectivity index (χ2v) is 9.44. The fourth-order valence-electron chi connectivity index (χ4n) is 4.56. The molecule has 0 saturated carbocycles. The molecule has 2 fully saturated rings. The van der Waals surface area contributed by atoms with E-state index < -0.39 is 0 Å². The Balaban J connectivity index is 0.00000385. The lowest BCUT2D eigenvalue weighted by Gasteiger charge is -2.34. The quantitative estimate of drug-likeness (QED) is 0.267. The Hall–Kier alpha value is -0.970. The summed E-state index contributed by atoms with van der Waals surface area (Å²) in [7, 11) is 1.85. The van der Waals surface area contributed by atoms with Gasteiger partial charge in [0, 0.05) is 51.4 Å². The Bertz CT molecular complexity index is 704. The van der Waals surface area contributed by atoms with Gasteiger partial charge in [-0.05, 0) is 64.6 Å². The van der Waals surface area contributed by atoms with Crippen molar-refractivity contribution in [1.29, 1.82) is 0 Å². The van der Waals surface area contributed by atoms with E-state index in [-0.39, 0.29) is 29.8 Å². The number of hydrogen-bond acceptors (Lipinski definition) is 4. The molecule has 6 nitrogen and oxygen atoms in total. The van der Waals surface area contributed by atoms with Crippen molar-refractivity contribution in [2.75, 3.05) is 52.9 Å². The van der Waals surface area contributed by atoms with Crippen LogP contribution in [0.4, 0.5) is 4.39 Å². The van der Waals surface area contributed by atoms with E-state index in [0.29, 0.717) is 24.6 Å². The highest BCUT2D eigenvalue weighted by atomic mass is 127. The third kappa shape index (κ3) is 10.0. The summed E-state index contributed by atoms with van der Waals surface area (Å²) >= 11 is 0. The molecule has 188 valence electrons. The van der Waals surface area contributed by atoms with Crippen LogP contribution in [-0.2, 0) is 11.3 Å². The number of ether oxygens (including phenoxy) is 1. The lowest BCUT2D eigenvalue weighted by Crippen LogP contribution is -2.50. The van der Waals surface area contributed by atoms with Gasteiger partial charge in [0.1, 0.15) is 5.82 Å². The van der Waals surface area contributed by atoms with E-state index >= 15 is 0 Å². The number of halogens is 2. The number of likely N-dealkylation sites (tertiary alicyclic amines) is 2. The number of aliphatic imine (C=N–C) groups is 1. The number of hydrogen-bond donors (Lipinski definition) is 2. The first-order valence-electron chi connectivity index (χ1n) is 12.3. The molecule has 0 unspecified atom stereocenters.